The van der Waals surface area contributed by atoms with Crippen molar-refractivity contribution in [3.63, 3.8) is 0 Å². The molecule has 2 rings (SSSR count). The summed E-state index contributed by atoms with van der Waals surface area (Å²) in [6.45, 7) is 0.787. The van der Waals surface area contributed by atoms with Crippen molar-refractivity contribution in [1.29, 1.82) is 0 Å². The van der Waals surface area contributed by atoms with Gasteiger partial charge in [0, 0.05) is 12.6 Å². The number of fused-ring (bicyclic) bond motifs is 1. The first-order chi connectivity index (χ1) is 6.29. The SMILES string of the molecule is Cl.OCC1Cc2ccc(F)cc2CN1. The lowest BCUT2D eigenvalue weighted by Crippen LogP contribution is -2.38. The monoisotopic (exact) mass is 217 g/mol. The Hall–Kier alpha value is -0.640. The number of rotatable bonds is 1. The Balaban J connectivity index is 0.000000980. The van der Waals surface area contributed by atoms with Crippen molar-refractivity contribution in [2.75, 3.05) is 6.61 Å². The Bertz CT molecular complexity index is 319. The van der Waals surface area contributed by atoms with Crippen molar-refractivity contribution >= 4 is 12.4 Å². The van der Waals surface area contributed by atoms with Gasteiger partial charge in [0.1, 0.15) is 5.82 Å². The number of hydrogen-bond donors (Lipinski definition) is 2. The summed E-state index contributed by atoms with van der Waals surface area (Å²) >= 11 is 0. The van der Waals surface area contributed by atoms with Crippen LogP contribution in [-0.2, 0) is 13.0 Å². The molecular weight excluding hydrogens is 205 g/mol. The highest BCUT2D eigenvalue weighted by Gasteiger charge is 2.16. The maximum Gasteiger partial charge on any atom is 0.123 e. The first-order valence-corrected chi connectivity index (χ1v) is 4.41. The Morgan fingerprint density at radius 1 is 1.43 bits per heavy atom. The minimum absolute atomic E-state index is 0. The summed E-state index contributed by atoms with van der Waals surface area (Å²) < 4.78 is 12.8. The second-order valence-corrected chi connectivity index (χ2v) is 3.38. The standard InChI is InChI=1S/C10H12FNO.ClH/c11-9-2-1-7-4-10(6-13)12-5-8(7)3-9;/h1-3,10,12-13H,4-6H2;1H. The van der Waals surface area contributed by atoms with E-state index in [1.54, 1.807) is 12.1 Å². The molecule has 0 fully saturated rings. The van der Waals surface area contributed by atoms with Crippen molar-refractivity contribution in [3.8, 4) is 0 Å². The molecule has 1 aromatic carbocycles. The lowest BCUT2D eigenvalue weighted by Gasteiger charge is -2.24. The van der Waals surface area contributed by atoms with Crippen molar-refractivity contribution < 1.29 is 9.50 Å². The molecule has 2 nitrogen and oxygen atoms in total. The number of halogens is 2. The van der Waals surface area contributed by atoms with Gasteiger partial charge in [-0.2, -0.15) is 0 Å². The van der Waals surface area contributed by atoms with Crippen LogP contribution >= 0.6 is 12.4 Å². The summed E-state index contributed by atoms with van der Waals surface area (Å²) in [5.74, 6) is -0.192. The van der Waals surface area contributed by atoms with Crippen molar-refractivity contribution in [2.24, 2.45) is 0 Å². The van der Waals surface area contributed by atoms with Crippen LogP contribution in [0.4, 0.5) is 4.39 Å². The van der Waals surface area contributed by atoms with Gasteiger partial charge in [-0.15, -0.1) is 12.4 Å². The Kier molecular flexibility index (Phi) is 3.86. The largest absolute Gasteiger partial charge is 0.395 e. The first-order valence-electron chi connectivity index (χ1n) is 4.41. The number of hydrogen-bond acceptors (Lipinski definition) is 2. The molecule has 4 heteroatoms. The smallest absolute Gasteiger partial charge is 0.123 e. The van der Waals surface area contributed by atoms with Crippen LogP contribution in [0.3, 0.4) is 0 Å². The average Bonchev–Trinajstić information content (AvgIpc) is 2.17. The zero-order chi connectivity index (χ0) is 9.26. The fourth-order valence-electron chi connectivity index (χ4n) is 1.68. The van der Waals surface area contributed by atoms with E-state index >= 15 is 0 Å². The lowest BCUT2D eigenvalue weighted by molar-refractivity contribution is 0.235. The number of aliphatic hydroxyl groups is 1. The Morgan fingerprint density at radius 2 is 2.21 bits per heavy atom. The minimum Gasteiger partial charge on any atom is -0.395 e. The average molecular weight is 218 g/mol. The highest BCUT2D eigenvalue weighted by Crippen LogP contribution is 2.17. The molecule has 1 heterocycles. The molecule has 0 radical (unpaired) electrons. The van der Waals surface area contributed by atoms with Gasteiger partial charge in [-0.05, 0) is 29.7 Å². The second kappa shape index (κ2) is 4.73. The molecule has 0 aliphatic carbocycles. The molecule has 1 aromatic rings. The van der Waals surface area contributed by atoms with E-state index in [9.17, 15) is 4.39 Å². The molecule has 0 bridgehead atoms. The van der Waals surface area contributed by atoms with Crippen LogP contribution in [0.2, 0.25) is 0 Å². The fraction of sp³-hybridized carbons (Fsp3) is 0.400. The van der Waals surface area contributed by atoms with Gasteiger partial charge in [-0.25, -0.2) is 4.39 Å². The summed E-state index contributed by atoms with van der Waals surface area (Å²) in [4.78, 5) is 0. The third-order valence-electron chi connectivity index (χ3n) is 2.44. The van der Waals surface area contributed by atoms with Crippen LogP contribution in [0, 0.1) is 5.82 Å². The minimum atomic E-state index is -0.192. The molecule has 0 saturated carbocycles. The van der Waals surface area contributed by atoms with Crippen LogP contribution in [0.15, 0.2) is 18.2 Å². The zero-order valence-corrected chi connectivity index (χ0v) is 8.48. The van der Waals surface area contributed by atoms with E-state index < -0.39 is 0 Å². The van der Waals surface area contributed by atoms with Crippen molar-refractivity contribution in [2.45, 2.75) is 19.0 Å². The van der Waals surface area contributed by atoms with Crippen LogP contribution in [0.1, 0.15) is 11.1 Å². The van der Waals surface area contributed by atoms with E-state index in [2.05, 4.69) is 5.32 Å². The van der Waals surface area contributed by atoms with E-state index in [4.69, 9.17) is 5.11 Å². The van der Waals surface area contributed by atoms with Gasteiger partial charge in [-0.3, -0.25) is 0 Å². The van der Waals surface area contributed by atoms with Gasteiger partial charge in [0.15, 0.2) is 0 Å². The first kappa shape index (κ1) is 11.4. The van der Waals surface area contributed by atoms with Crippen LogP contribution in [0.5, 0.6) is 0 Å². The molecule has 1 atom stereocenters. The molecule has 1 aliphatic heterocycles. The number of benzene rings is 1. The zero-order valence-electron chi connectivity index (χ0n) is 7.66. The van der Waals surface area contributed by atoms with Crippen molar-refractivity contribution in [3.05, 3.63) is 35.1 Å². The molecule has 0 spiro atoms. The van der Waals surface area contributed by atoms with E-state index in [1.165, 1.54) is 6.07 Å². The summed E-state index contributed by atoms with van der Waals surface area (Å²) in [5, 5.41) is 12.1. The van der Waals surface area contributed by atoms with Crippen LogP contribution < -0.4 is 5.32 Å². The molecule has 2 N–H and O–H groups in total. The summed E-state index contributed by atoms with van der Waals surface area (Å²) in [6.07, 6.45) is 0.784. The molecule has 0 aromatic heterocycles. The van der Waals surface area contributed by atoms with Gasteiger partial charge >= 0.3 is 0 Å². The van der Waals surface area contributed by atoms with E-state index in [0.717, 1.165) is 17.5 Å². The second-order valence-electron chi connectivity index (χ2n) is 3.38. The van der Waals surface area contributed by atoms with E-state index in [1.807, 2.05) is 0 Å². The molecule has 1 aliphatic rings. The summed E-state index contributed by atoms with van der Waals surface area (Å²) in [5.41, 5.74) is 2.14. The topological polar surface area (TPSA) is 32.3 Å². The van der Waals surface area contributed by atoms with Crippen molar-refractivity contribution in [1.82, 2.24) is 5.32 Å². The molecule has 78 valence electrons. The third-order valence-corrected chi connectivity index (χ3v) is 2.44. The van der Waals surface area contributed by atoms with E-state index in [0.29, 0.717) is 6.54 Å². The molecular formula is C10H13ClFNO. The van der Waals surface area contributed by atoms with Gasteiger partial charge < -0.3 is 10.4 Å². The Labute approximate surface area is 88.5 Å². The van der Waals surface area contributed by atoms with Crippen LogP contribution in [-0.4, -0.2) is 17.8 Å². The summed E-state index contributed by atoms with van der Waals surface area (Å²) in [7, 11) is 0. The van der Waals surface area contributed by atoms with Crippen LogP contribution in [0.25, 0.3) is 0 Å². The number of aliphatic hydroxyl groups excluding tert-OH is 1. The highest BCUT2D eigenvalue weighted by molar-refractivity contribution is 5.85. The van der Waals surface area contributed by atoms with E-state index in [-0.39, 0.29) is 30.9 Å². The molecule has 1 unspecified atom stereocenters. The quantitative estimate of drug-likeness (QED) is 0.742. The normalized spacial score (nSPS) is 19.7. The van der Waals surface area contributed by atoms with Gasteiger partial charge in [0.25, 0.3) is 0 Å². The highest BCUT2D eigenvalue weighted by atomic mass is 35.5. The summed E-state index contributed by atoms with van der Waals surface area (Å²) in [6, 6.07) is 4.95. The van der Waals surface area contributed by atoms with Gasteiger partial charge in [-0.1, -0.05) is 6.07 Å². The molecule has 0 amide bonds. The maximum absolute atomic E-state index is 12.8. The lowest BCUT2D eigenvalue weighted by atomic mass is 9.96. The number of nitrogens with one attached hydrogen (secondary N) is 1. The molecule has 0 saturated heterocycles. The van der Waals surface area contributed by atoms with Gasteiger partial charge in [0.2, 0.25) is 0 Å². The third kappa shape index (κ3) is 2.23. The predicted octanol–water partition coefficient (Wildman–Crippen LogP) is 1.25. The maximum atomic E-state index is 12.8. The fourth-order valence-corrected chi connectivity index (χ4v) is 1.68. The Morgan fingerprint density at radius 3 is 2.93 bits per heavy atom. The van der Waals surface area contributed by atoms with Gasteiger partial charge in [0.05, 0.1) is 6.61 Å². The molecule has 14 heavy (non-hydrogen) atoms. The predicted molar refractivity (Wildman–Crippen MR) is 55.1 cm³/mol.